The highest BCUT2D eigenvalue weighted by molar-refractivity contribution is 5.34. The molecule has 2 unspecified atom stereocenters. The Labute approximate surface area is 192 Å². The summed E-state index contributed by atoms with van der Waals surface area (Å²) >= 11 is 0. The smallest absolute Gasteiger partial charge is 0.119 e. The lowest BCUT2D eigenvalue weighted by molar-refractivity contribution is -0.0714. The summed E-state index contributed by atoms with van der Waals surface area (Å²) in [7, 11) is 0. The number of rotatable bonds is 9. The number of aryl methyl sites for hydroxylation is 1. The van der Waals surface area contributed by atoms with Crippen LogP contribution in [0.2, 0.25) is 0 Å². The summed E-state index contributed by atoms with van der Waals surface area (Å²) in [5.74, 6) is 0.907. The van der Waals surface area contributed by atoms with E-state index in [0.717, 1.165) is 25.1 Å². The number of hydrogen-bond donors (Lipinski definition) is 4. The van der Waals surface area contributed by atoms with E-state index in [9.17, 15) is 5.11 Å². The third kappa shape index (κ3) is 10.1. The van der Waals surface area contributed by atoms with Crippen LogP contribution in [0.1, 0.15) is 43.4 Å². The lowest BCUT2D eigenvalue weighted by atomic mass is 10.0. The first kappa shape index (κ1) is 26.3. The predicted molar refractivity (Wildman–Crippen MR) is 127 cm³/mol. The monoisotopic (exact) mass is 445 g/mol. The molecule has 0 saturated carbocycles. The van der Waals surface area contributed by atoms with E-state index in [2.05, 4.69) is 48.6 Å². The van der Waals surface area contributed by atoms with Gasteiger partial charge in [-0.05, 0) is 69.0 Å². The third-order valence-electron chi connectivity index (χ3n) is 5.33. The highest BCUT2D eigenvalue weighted by Gasteiger charge is 2.17. The van der Waals surface area contributed by atoms with Gasteiger partial charge in [0.05, 0.1) is 38.6 Å². The van der Waals surface area contributed by atoms with Crippen molar-refractivity contribution in [3.8, 4) is 5.75 Å². The first-order chi connectivity index (χ1) is 15.3. The van der Waals surface area contributed by atoms with E-state index in [1.165, 1.54) is 16.7 Å². The maximum absolute atomic E-state index is 9.18. The fourth-order valence-corrected chi connectivity index (χ4v) is 3.27. The van der Waals surface area contributed by atoms with Gasteiger partial charge in [0.2, 0.25) is 0 Å². The molecule has 0 aromatic heterocycles. The summed E-state index contributed by atoms with van der Waals surface area (Å²) in [5.41, 5.74) is 3.76. The molecule has 32 heavy (non-hydrogen) atoms. The Bertz CT molecular complexity index is 770. The van der Waals surface area contributed by atoms with E-state index in [0.29, 0.717) is 26.2 Å². The van der Waals surface area contributed by atoms with Gasteiger partial charge in [0, 0.05) is 12.0 Å². The Balaban J connectivity index is 0.000000380. The van der Waals surface area contributed by atoms with Gasteiger partial charge in [0.25, 0.3) is 0 Å². The van der Waals surface area contributed by atoms with E-state index in [1.54, 1.807) is 0 Å². The maximum atomic E-state index is 9.18. The van der Waals surface area contributed by atoms with E-state index in [4.69, 9.17) is 19.7 Å². The molecule has 1 heterocycles. The van der Waals surface area contributed by atoms with Crippen LogP contribution in [0.5, 0.6) is 5.75 Å². The molecule has 4 N–H and O–H groups in total. The first-order valence-corrected chi connectivity index (χ1v) is 11.3. The van der Waals surface area contributed by atoms with Crippen LogP contribution in [0.3, 0.4) is 0 Å². The Kier molecular flexibility index (Phi) is 11.1. The molecule has 2 aromatic rings. The van der Waals surface area contributed by atoms with Crippen molar-refractivity contribution in [2.45, 2.75) is 57.8 Å². The number of aliphatic hydroxyl groups is 3. The molecule has 0 spiro atoms. The maximum Gasteiger partial charge on any atom is 0.119 e. The number of hydrogen-bond acceptors (Lipinski definition) is 6. The van der Waals surface area contributed by atoms with Crippen molar-refractivity contribution in [3.05, 3.63) is 65.2 Å². The standard InChI is InChI=1S/C21H29NO2.C5H10O3/c1-17-7-4-5-8-19(17)15-18-9-11-20(12-10-18)24-14-6-13-22-21(2,3)16-23;6-4-1-5(7)3-8-2-4/h4-5,7-12,22-23H,6,13-16H2,1-3H3;4-7H,1-3H2. The second-order valence-corrected chi connectivity index (χ2v) is 9.00. The van der Waals surface area contributed by atoms with Crippen molar-refractivity contribution in [1.29, 1.82) is 0 Å². The highest BCUT2D eigenvalue weighted by Crippen LogP contribution is 2.17. The fourth-order valence-electron chi connectivity index (χ4n) is 3.27. The zero-order valence-electron chi connectivity index (χ0n) is 19.6. The minimum atomic E-state index is -0.459. The van der Waals surface area contributed by atoms with Crippen LogP contribution >= 0.6 is 0 Å². The molecule has 1 aliphatic rings. The van der Waals surface area contributed by atoms with E-state index >= 15 is 0 Å². The molecule has 6 nitrogen and oxygen atoms in total. The van der Waals surface area contributed by atoms with Crippen molar-refractivity contribution < 1.29 is 24.8 Å². The van der Waals surface area contributed by atoms with E-state index < -0.39 is 12.2 Å². The fraction of sp³-hybridized carbons (Fsp3) is 0.538. The lowest BCUT2D eigenvalue weighted by Crippen LogP contribution is -2.43. The molecule has 2 aromatic carbocycles. The topological polar surface area (TPSA) is 91.2 Å². The second kappa shape index (κ2) is 13.6. The Morgan fingerprint density at radius 3 is 2.25 bits per heavy atom. The van der Waals surface area contributed by atoms with Crippen molar-refractivity contribution in [2.75, 3.05) is 33.0 Å². The summed E-state index contributed by atoms with van der Waals surface area (Å²) in [6, 6.07) is 16.8. The van der Waals surface area contributed by atoms with Gasteiger partial charge < -0.3 is 30.1 Å². The van der Waals surface area contributed by atoms with Gasteiger partial charge in [-0.15, -0.1) is 0 Å². The van der Waals surface area contributed by atoms with Gasteiger partial charge in [-0.1, -0.05) is 36.4 Å². The van der Waals surface area contributed by atoms with Gasteiger partial charge in [0.1, 0.15) is 5.75 Å². The van der Waals surface area contributed by atoms with Crippen LogP contribution < -0.4 is 10.1 Å². The first-order valence-electron chi connectivity index (χ1n) is 11.3. The molecular weight excluding hydrogens is 406 g/mol. The summed E-state index contributed by atoms with van der Waals surface area (Å²) in [6.07, 6.45) is 1.40. The highest BCUT2D eigenvalue weighted by atomic mass is 16.5. The van der Waals surface area contributed by atoms with Crippen LogP contribution in [0.15, 0.2) is 48.5 Å². The van der Waals surface area contributed by atoms with Crippen LogP contribution in [0.4, 0.5) is 0 Å². The van der Waals surface area contributed by atoms with Crippen LogP contribution in [0, 0.1) is 6.92 Å². The normalized spacial score (nSPS) is 18.6. The second-order valence-electron chi connectivity index (χ2n) is 9.00. The average molecular weight is 446 g/mol. The van der Waals surface area contributed by atoms with Gasteiger partial charge in [0.15, 0.2) is 0 Å². The van der Waals surface area contributed by atoms with Crippen LogP contribution in [-0.2, 0) is 11.2 Å². The number of ether oxygens (including phenoxy) is 2. The Morgan fingerprint density at radius 2 is 1.69 bits per heavy atom. The molecular formula is C26H39NO5. The summed E-state index contributed by atoms with van der Waals surface area (Å²) < 4.78 is 10.6. The van der Waals surface area contributed by atoms with Gasteiger partial charge >= 0.3 is 0 Å². The van der Waals surface area contributed by atoms with Crippen molar-refractivity contribution in [1.82, 2.24) is 5.32 Å². The van der Waals surface area contributed by atoms with E-state index in [-0.39, 0.29) is 12.1 Å². The molecule has 0 aliphatic carbocycles. The average Bonchev–Trinajstić information content (AvgIpc) is 2.76. The van der Waals surface area contributed by atoms with Crippen LogP contribution in [0.25, 0.3) is 0 Å². The van der Waals surface area contributed by atoms with Crippen molar-refractivity contribution in [3.63, 3.8) is 0 Å². The molecule has 1 aliphatic heterocycles. The summed E-state index contributed by atoms with van der Waals surface area (Å²) in [4.78, 5) is 0. The quantitative estimate of drug-likeness (QED) is 0.444. The zero-order valence-corrected chi connectivity index (χ0v) is 19.6. The molecule has 1 saturated heterocycles. The number of benzene rings is 2. The van der Waals surface area contributed by atoms with Gasteiger partial charge in [-0.25, -0.2) is 0 Å². The minimum Gasteiger partial charge on any atom is -0.494 e. The molecule has 0 bridgehead atoms. The number of aliphatic hydroxyl groups excluding tert-OH is 3. The molecule has 1 fully saturated rings. The van der Waals surface area contributed by atoms with Gasteiger partial charge in [-0.3, -0.25) is 0 Å². The SMILES string of the molecule is Cc1ccccc1Cc1ccc(OCCCNC(C)(C)CO)cc1.OC1COCC(O)C1. The molecule has 3 rings (SSSR count). The summed E-state index contributed by atoms with van der Waals surface area (Å²) in [6.45, 7) is 8.51. The summed E-state index contributed by atoms with van der Waals surface area (Å²) in [5, 5.41) is 30.1. The molecule has 0 radical (unpaired) electrons. The van der Waals surface area contributed by atoms with Crippen molar-refractivity contribution in [2.24, 2.45) is 0 Å². The third-order valence-corrected chi connectivity index (χ3v) is 5.33. The Hall–Kier alpha value is -1.96. The largest absolute Gasteiger partial charge is 0.494 e. The van der Waals surface area contributed by atoms with Gasteiger partial charge in [-0.2, -0.15) is 0 Å². The van der Waals surface area contributed by atoms with Crippen LogP contribution in [-0.4, -0.2) is 66.0 Å². The molecule has 0 amide bonds. The number of nitrogens with one attached hydrogen (secondary N) is 1. The zero-order chi connectivity index (χ0) is 23.4. The van der Waals surface area contributed by atoms with Crippen molar-refractivity contribution >= 4 is 0 Å². The minimum absolute atomic E-state index is 0.135. The molecule has 178 valence electrons. The Morgan fingerprint density at radius 1 is 1.03 bits per heavy atom. The lowest BCUT2D eigenvalue weighted by Gasteiger charge is -2.23. The van der Waals surface area contributed by atoms with E-state index in [1.807, 2.05) is 26.0 Å². The molecule has 2 atom stereocenters. The predicted octanol–water partition coefficient (Wildman–Crippen LogP) is 2.84. The molecule has 6 heteroatoms.